The fourth-order valence-electron chi connectivity index (χ4n) is 0.922. The van der Waals surface area contributed by atoms with E-state index < -0.39 is 10.1 Å². The number of hydrogen-bond acceptors (Lipinski definition) is 3. The van der Waals surface area contributed by atoms with Gasteiger partial charge in [-0.05, 0) is 29.3 Å². The molecule has 0 saturated heterocycles. The molecule has 0 fully saturated rings. The van der Waals surface area contributed by atoms with Gasteiger partial charge in [-0.2, -0.15) is 0 Å². The average Bonchev–Trinajstić information content (AvgIpc) is 2.18. The molecule has 0 radical (unpaired) electrons. The molecule has 1 rings (SSSR count). The van der Waals surface area contributed by atoms with Crippen molar-refractivity contribution in [3.8, 4) is 5.75 Å². The van der Waals surface area contributed by atoms with E-state index in [1.54, 1.807) is 24.3 Å². The number of nitrogens with zero attached hydrogens (tertiary/aromatic N) is 1. The van der Waals surface area contributed by atoms with Crippen molar-refractivity contribution >= 4 is 17.7 Å². The second-order valence-corrected chi connectivity index (χ2v) is 2.89. The third kappa shape index (κ3) is 2.74. The quantitative estimate of drug-likeness (QED) is 0.440. The van der Waals surface area contributed by atoms with Gasteiger partial charge in [0.2, 0.25) is 0 Å². The van der Waals surface area contributed by atoms with Crippen molar-refractivity contribution in [3.63, 3.8) is 0 Å². The Bertz CT molecular complexity index is 376. The molecule has 0 heterocycles. The number of rotatable bonds is 3. The van der Waals surface area contributed by atoms with E-state index in [0.29, 0.717) is 11.3 Å². The summed E-state index contributed by atoms with van der Waals surface area (Å²) in [5.74, 6) is 0.631. The number of hydrogen-bond donors (Lipinski definition) is 0. The Labute approximate surface area is 85.9 Å². The fourth-order valence-corrected chi connectivity index (χ4v) is 1.05. The van der Waals surface area contributed by atoms with Gasteiger partial charge in [-0.1, -0.05) is 12.1 Å². The van der Waals surface area contributed by atoms with Crippen molar-refractivity contribution in [2.75, 3.05) is 7.11 Å². The molecule has 5 heteroatoms. The molecule has 0 N–H and O–H groups in total. The second-order valence-electron chi connectivity index (χ2n) is 2.50. The van der Waals surface area contributed by atoms with E-state index in [1.807, 2.05) is 0 Å². The van der Waals surface area contributed by atoms with Crippen molar-refractivity contribution in [2.24, 2.45) is 0 Å². The van der Waals surface area contributed by atoms with Crippen molar-refractivity contribution in [2.45, 2.75) is 0 Å². The maximum Gasteiger partial charge on any atom is 0.337 e. The lowest BCUT2D eigenvalue weighted by Gasteiger charge is -1.99. The van der Waals surface area contributed by atoms with Crippen LogP contribution in [0.4, 0.5) is 0 Å². The van der Waals surface area contributed by atoms with Crippen LogP contribution in [0.5, 0.6) is 5.75 Å². The predicted octanol–water partition coefficient (Wildman–Crippen LogP) is 2.51. The smallest absolute Gasteiger partial charge is 0.337 e. The van der Waals surface area contributed by atoms with Crippen molar-refractivity contribution < 1.29 is 9.66 Å². The zero-order valence-corrected chi connectivity index (χ0v) is 8.19. The average molecular weight is 214 g/mol. The minimum absolute atomic E-state index is 0.418. The molecule has 0 saturated carbocycles. The maximum absolute atomic E-state index is 10.2. The van der Waals surface area contributed by atoms with Crippen LogP contribution in [-0.4, -0.2) is 12.0 Å². The van der Waals surface area contributed by atoms with Gasteiger partial charge in [-0.3, -0.25) is 10.1 Å². The number of nitro groups is 1. The van der Waals surface area contributed by atoms with Crippen LogP contribution in [0.3, 0.4) is 0 Å². The van der Waals surface area contributed by atoms with Crippen LogP contribution < -0.4 is 4.74 Å². The Morgan fingerprint density at radius 3 is 2.93 bits per heavy atom. The van der Waals surface area contributed by atoms with Gasteiger partial charge in [0.1, 0.15) is 5.75 Å². The first-order valence-corrected chi connectivity index (χ1v) is 4.17. The molecule has 0 amide bonds. The lowest BCUT2D eigenvalue weighted by molar-refractivity contribution is -0.410. The van der Waals surface area contributed by atoms with Gasteiger partial charge < -0.3 is 4.74 Å². The first-order valence-electron chi connectivity index (χ1n) is 3.79. The summed E-state index contributed by atoms with van der Waals surface area (Å²) in [5.41, 5.74) is 0.631. The highest BCUT2D eigenvalue weighted by atomic mass is 35.5. The van der Waals surface area contributed by atoms with Crippen LogP contribution in [0.25, 0.3) is 6.08 Å². The summed E-state index contributed by atoms with van der Waals surface area (Å²) in [5, 5.41) is 9.81. The molecular formula is C9H8ClNO3. The highest BCUT2D eigenvalue weighted by Gasteiger charge is 2.05. The molecular weight excluding hydrogens is 206 g/mol. The lowest BCUT2D eigenvalue weighted by Crippen LogP contribution is -1.90. The van der Waals surface area contributed by atoms with E-state index in [1.165, 1.54) is 13.2 Å². The number of halogens is 1. The zero-order valence-electron chi connectivity index (χ0n) is 7.44. The van der Waals surface area contributed by atoms with Crippen molar-refractivity contribution in [1.29, 1.82) is 0 Å². The fraction of sp³-hybridized carbons (Fsp3) is 0.111. The van der Waals surface area contributed by atoms with Crippen LogP contribution in [0.15, 0.2) is 29.4 Å². The molecule has 0 atom stereocenters. The van der Waals surface area contributed by atoms with Gasteiger partial charge in [-0.25, -0.2) is 0 Å². The van der Waals surface area contributed by atoms with Gasteiger partial charge in [0.25, 0.3) is 0 Å². The van der Waals surface area contributed by atoms with E-state index in [-0.39, 0.29) is 0 Å². The van der Waals surface area contributed by atoms with E-state index >= 15 is 0 Å². The molecule has 1 aromatic rings. The Kier molecular flexibility index (Phi) is 3.48. The summed E-state index contributed by atoms with van der Waals surface area (Å²) in [6.07, 6.45) is 1.27. The van der Waals surface area contributed by atoms with Gasteiger partial charge in [0.15, 0.2) is 0 Å². The molecule has 0 bridgehead atoms. The topological polar surface area (TPSA) is 52.4 Å². The molecule has 0 aliphatic carbocycles. The Hall–Kier alpha value is -1.55. The number of benzene rings is 1. The van der Waals surface area contributed by atoms with E-state index in [4.69, 9.17) is 16.3 Å². The highest BCUT2D eigenvalue weighted by Crippen LogP contribution is 2.16. The van der Waals surface area contributed by atoms with Crippen LogP contribution in [0.2, 0.25) is 0 Å². The Morgan fingerprint density at radius 1 is 1.64 bits per heavy atom. The normalized spacial score (nSPS) is 11.1. The summed E-state index contributed by atoms with van der Waals surface area (Å²) in [6.45, 7) is 0. The second kappa shape index (κ2) is 4.62. The molecule has 0 unspecified atom stereocenters. The van der Waals surface area contributed by atoms with E-state index in [9.17, 15) is 10.1 Å². The predicted molar refractivity (Wildman–Crippen MR) is 53.8 cm³/mol. The minimum Gasteiger partial charge on any atom is -0.497 e. The van der Waals surface area contributed by atoms with Crippen LogP contribution in [0, 0.1) is 10.1 Å². The summed E-state index contributed by atoms with van der Waals surface area (Å²) in [6, 6.07) is 6.84. The lowest BCUT2D eigenvalue weighted by atomic mass is 10.2. The van der Waals surface area contributed by atoms with Crippen molar-refractivity contribution in [1.82, 2.24) is 0 Å². The highest BCUT2D eigenvalue weighted by molar-refractivity contribution is 6.29. The molecule has 74 valence electrons. The molecule has 0 aliphatic heterocycles. The summed E-state index contributed by atoms with van der Waals surface area (Å²) in [7, 11) is 1.53. The monoisotopic (exact) mass is 213 g/mol. The first-order chi connectivity index (χ1) is 6.63. The van der Waals surface area contributed by atoms with Gasteiger partial charge in [0.05, 0.1) is 12.0 Å². The molecule has 0 spiro atoms. The van der Waals surface area contributed by atoms with E-state index in [2.05, 4.69) is 0 Å². The third-order valence-electron chi connectivity index (χ3n) is 1.55. The van der Waals surface area contributed by atoms with Gasteiger partial charge >= 0.3 is 5.16 Å². The molecule has 4 nitrogen and oxygen atoms in total. The molecule has 0 aliphatic rings. The van der Waals surface area contributed by atoms with Crippen LogP contribution in [-0.2, 0) is 0 Å². The molecule has 14 heavy (non-hydrogen) atoms. The van der Waals surface area contributed by atoms with Crippen molar-refractivity contribution in [3.05, 3.63) is 45.1 Å². The standard InChI is InChI=1S/C9H8ClNO3/c1-14-8-4-2-3-7(5-8)6-9(10)11(12)13/h2-6H,1H3/b9-6+. The van der Waals surface area contributed by atoms with E-state index in [0.717, 1.165) is 0 Å². The SMILES string of the molecule is COc1cccc(/C=C(\Cl)[N+](=O)[O-])c1. The van der Waals surface area contributed by atoms with Gasteiger partial charge in [-0.15, -0.1) is 0 Å². The third-order valence-corrected chi connectivity index (χ3v) is 1.80. The van der Waals surface area contributed by atoms with Crippen LogP contribution >= 0.6 is 11.6 Å². The Morgan fingerprint density at radius 2 is 2.36 bits per heavy atom. The zero-order chi connectivity index (χ0) is 10.6. The Balaban J connectivity index is 2.97. The summed E-state index contributed by atoms with van der Waals surface area (Å²) >= 11 is 5.37. The number of ether oxygens (including phenoxy) is 1. The van der Waals surface area contributed by atoms with Crippen LogP contribution in [0.1, 0.15) is 5.56 Å². The summed E-state index contributed by atoms with van der Waals surface area (Å²) < 4.78 is 4.95. The minimum atomic E-state index is -0.652. The largest absolute Gasteiger partial charge is 0.497 e. The number of methoxy groups -OCH3 is 1. The van der Waals surface area contributed by atoms with Gasteiger partial charge in [0, 0.05) is 6.08 Å². The maximum atomic E-state index is 10.2. The molecule has 0 aromatic heterocycles. The summed E-state index contributed by atoms with van der Waals surface area (Å²) in [4.78, 5) is 9.58. The molecule has 1 aromatic carbocycles. The first kappa shape index (κ1) is 10.5.